The van der Waals surface area contributed by atoms with E-state index in [1.54, 1.807) is 0 Å². The second kappa shape index (κ2) is 9.73. The molecule has 0 aromatic carbocycles. The van der Waals surface area contributed by atoms with Crippen LogP contribution in [0.15, 0.2) is 0 Å². The van der Waals surface area contributed by atoms with Gasteiger partial charge in [-0.15, -0.1) is 0 Å². The fourth-order valence-corrected chi connectivity index (χ4v) is 5.05. The molecule has 122 valence electrons. The van der Waals surface area contributed by atoms with Gasteiger partial charge in [-0.1, -0.05) is 32.1 Å². The number of rotatable bonds is 10. The summed E-state index contributed by atoms with van der Waals surface area (Å²) in [5.41, 5.74) is 0. The number of aliphatic carboxylic acids is 1. The largest absolute Gasteiger partial charge is 0.481 e. The van der Waals surface area contributed by atoms with Crippen molar-refractivity contribution in [1.82, 2.24) is 0 Å². The number of carbonyl (C=O) groups is 1. The smallest absolute Gasteiger partial charge is 0.303 e. The summed E-state index contributed by atoms with van der Waals surface area (Å²) in [6, 6.07) is 0. The van der Waals surface area contributed by atoms with Crippen molar-refractivity contribution in [2.45, 2.75) is 69.5 Å². The third-order valence-corrected chi connectivity index (χ3v) is 6.46. The van der Waals surface area contributed by atoms with Gasteiger partial charge in [-0.3, -0.25) is 4.79 Å². The Balaban J connectivity index is 1.53. The molecule has 2 aliphatic rings. The summed E-state index contributed by atoms with van der Waals surface area (Å²) < 4.78 is 5.70. The van der Waals surface area contributed by atoms with E-state index in [0.29, 0.717) is 6.42 Å². The Morgan fingerprint density at radius 1 is 1.05 bits per heavy atom. The first-order valence-electron chi connectivity index (χ1n) is 8.67. The van der Waals surface area contributed by atoms with Crippen LogP contribution in [0.3, 0.4) is 0 Å². The van der Waals surface area contributed by atoms with Crippen LogP contribution in [0.4, 0.5) is 0 Å². The van der Waals surface area contributed by atoms with Gasteiger partial charge in [-0.2, -0.15) is 11.8 Å². The van der Waals surface area contributed by atoms with Gasteiger partial charge in [0.1, 0.15) is 0 Å². The van der Waals surface area contributed by atoms with Crippen molar-refractivity contribution in [1.29, 1.82) is 0 Å². The number of unbranched alkanes of at least 4 members (excludes halogenated alkanes) is 3. The molecule has 2 atom stereocenters. The molecule has 0 aromatic rings. The molecule has 4 heteroatoms. The van der Waals surface area contributed by atoms with Crippen molar-refractivity contribution in [3.63, 3.8) is 0 Å². The highest BCUT2D eigenvalue weighted by Crippen LogP contribution is 2.35. The van der Waals surface area contributed by atoms with Gasteiger partial charge in [0.25, 0.3) is 0 Å². The van der Waals surface area contributed by atoms with E-state index in [4.69, 9.17) is 9.84 Å². The fraction of sp³-hybridized carbons (Fsp3) is 0.941. The summed E-state index contributed by atoms with van der Waals surface area (Å²) >= 11 is 2.19. The number of hydrogen-bond donors (Lipinski definition) is 1. The highest BCUT2D eigenvalue weighted by atomic mass is 32.2. The molecule has 1 aliphatic carbocycles. The molecule has 1 heterocycles. The van der Waals surface area contributed by atoms with Crippen LogP contribution in [-0.4, -0.2) is 35.3 Å². The molecule has 1 aliphatic heterocycles. The second-order valence-electron chi connectivity index (χ2n) is 6.64. The zero-order valence-electron chi connectivity index (χ0n) is 13.1. The lowest BCUT2D eigenvalue weighted by Gasteiger charge is -2.19. The summed E-state index contributed by atoms with van der Waals surface area (Å²) in [6.07, 6.45) is 11.6. The van der Waals surface area contributed by atoms with Gasteiger partial charge in [-0.25, -0.2) is 0 Å². The van der Waals surface area contributed by atoms with E-state index >= 15 is 0 Å². The third-order valence-electron chi connectivity index (χ3n) is 4.89. The third kappa shape index (κ3) is 6.60. The Morgan fingerprint density at radius 2 is 1.76 bits per heavy atom. The Kier molecular flexibility index (Phi) is 7.94. The van der Waals surface area contributed by atoms with Crippen LogP contribution in [0.25, 0.3) is 0 Å². The number of ether oxygens (including phenoxy) is 1. The lowest BCUT2D eigenvalue weighted by atomic mass is 9.92. The van der Waals surface area contributed by atoms with Crippen LogP contribution < -0.4 is 0 Å². The fourth-order valence-electron chi connectivity index (χ4n) is 3.50. The van der Waals surface area contributed by atoms with Crippen molar-refractivity contribution in [3.05, 3.63) is 0 Å². The van der Waals surface area contributed by atoms with E-state index in [1.165, 1.54) is 50.7 Å². The molecule has 2 fully saturated rings. The minimum Gasteiger partial charge on any atom is -0.481 e. The minimum atomic E-state index is -0.664. The molecule has 0 bridgehead atoms. The zero-order chi connectivity index (χ0) is 14.9. The van der Waals surface area contributed by atoms with Crippen molar-refractivity contribution in [2.24, 2.45) is 11.8 Å². The lowest BCUT2D eigenvalue weighted by molar-refractivity contribution is -0.137. The normalized spacial score (nSPS) is 26.5. The number of hydrogen-bond acceptors (Lipinski definition) is 3. The molecule has 1 saturated carbocycles. The summed E-state index contributed by atoms with van der Waals surface area (Å²) in [5, 5.41) is 9.53. The predicted molar refractivity (Wildman–Crippen MR) is 87.9 cm³/mol. The van der Waals surface area contributed by atoms with Gasteiger partial charge in [0, 0.05) is 18.3 Å². The summed E-state index contributed by atoms with van der Waals surface area (Å²) in [4.78, 5) is 10.4. The number of carboxylic acid groups (broad SMARTS) is 1. The molecule has 0 aromatic heterocycles. The van der Waals surface area contributed by atoms with Crippen LogP contribution in [0.2, 0.25) is 0 Å². The van der Waals surface area contributed by atoms with E-state index < -0.39 is 5.97 Å². The van der Waals surface area contributed by atoms with Gasteiger partial charge < -0.3 is 9.84 Å². The van der Waals surface area contributed by atoms with Crippen molar-refractivity contribution < 1.29 is 14.6 Å². The Bertz CT molecular complexity index is 302. The zero-order valence-corrected chi connectivity index (χ0v) is 13.9. The number of carboxylic acids is 1. The first kappa shape index (κ1) is 17.1. The lowest BCUT2D eigenvalue weighted by Crippen LogP contribution is -2.16. The highest BCUT2D eigenvalue weighted by molar-refractivity contribution is 7.99. The summed E-state index contributed by atoms with van der Waals surface area (Å²) in [7, 11) is 0. The standard InChI is InChI=1S/C17H30O3S/c18-17(19)10-4-2-1-3-7-14-11-20-12-15(14)13-21-16-8-5-6-9-16/h14-16H,1-13H2,(H,18,19)/t14-,15-/m0/s1. The van der Waals surface area contributed by atoms with Gasteiger partial charge >= 0.3 is 5.97 Å². The van der Waals surface area contributed by atoms with Gasteiger partial charge in [-0.05, 0) is 43.3 Å². The Morgan fingerprint density at radius 3 is 2.52 bits per heavy atom. The minimum absolute atomic E-state index is 0.327. The Labute approximate surface area is 133 Å². The monoisotopic (exact) mass is 314 g/mol. The summed E-state index contributed by atoms with van der Waals surface area (Å²) in [5.74, 6) is 2.13. The molecule has 3 nitrogen and oxygen atoms in total. The first-order chi connectivity index (χ1) is 10.3. The van der Waals surface area contributed by atoms with Crippen LogP contribution in [0.5, 0.6) is 0 Å². The van der Waals surface area contributed by atoms with Crippen molar-refractivity contribution in [2.75, 3.05) is 19.0 Å². The Hall–Kier alpha value is -0.220. The highest BCUT2D eigenvalue weighted by Gasteiger charge is 2.28. The van der Waals surface area contributed by atoms with E-state index in [-0.39, 0.29) is 0 Å². The molecule has 2 rings (SSSR count). The number of thioether (sulfide) groups is 1. The molecule has 1 N–H and O–H groups in total. The molecule has 1 saturated heterocycles. The van der Waals surface area contributed by atoms with E-state index in [0.717, 1.165) is 43.1 Å². The van der Waals surface area contributed by atoms with Crippen LogP contribution in [0, 0.1) is 11.8 Å². The predicted octanol–water partition coefficient (Wildman–Crippen LogP) is 4.35. The van der Waals surface area contributed by atoms with Gasteiger partial charge in [0.05, 0.1) is 6.61 Å². The molecular formula is C17H30O3S. The van der Waals surface area contributed by atoms with Crippen LogP contribution >= 0.6 is 11.8 Å². The molecule has 0 amide bonds. The average Bonchev–Trinajstić information content (AvgIpc) is 3.11. The van der Waals surface area contributed by atoms with Crippen molar-refractivity contribution >= 4 is 17.7 Å². The van der Waals surface area contributed by atoms with Crippen LogP contribution in [-0.2, 0) is 9.53 Å². The second-order valence-corrected chi connectivity index (χ2v) is 7.98. The van der Waals surface area contributed by atoms with Gasteiger partial charge in [0.15, 0.2) is 0 Å². The van der Waals surface area contributed by atoms with E-state index in [1.807, 2.05) is 0 Å². The average molecular weight is 314 g/mol. The molecule has 21 heavy (non-hydrogen) atoms. The molecule has 0 spiro atoms. The van der Waals surface area contributed by atoms with Gasteiger partial charge in [0.2, 0.25) is 0 Å². The van der Waals surface area contributed by atoms with E-state index in [9.17, 15) is 4.79 Å². The van der Waals surface area contributed by atoms with E-state index in [2.05, 4.69) is 11.8 Å². The maximum absolute atomic E-state index is 10.4. The molecular weight excluding hydrogens is 284 g/mol. The summed E-state index contributed by atoms with van der Waals surface area (Å²) in [6.45, 7) is 1.91. The molecule has 0 unspecified atom stereocenters. The quantitative estimate of drug-likeness (QED) is 0.609. The van der Waals surface area contributed by atoms with Crippen LogP contribution in [0.1, 0.15) is 64.2 Å². The maximum Gasteiger partial charge on any atom is 0.303 e. The van der Waals surface area contributed by atoms with Crippen molar-refractivity contribution in [3.8, 4) is 0 Å². The molecule has 0 radical (unpaired) electrons. The topological polar surface area (TPSA) is 46.5 Å². The maximum atomic E-state index is 10.4. The first-order valence-corrected chi connectivity index (χ1v) is 9.71. The SMILES string of the molecule is O=C(O)CCCCCC[C@H]1COC[C@H]1CSC1CCCC1.